The molecule has 0 fully saturated rings. The maximum absolute atomic E-state index is 12.6. The molecule has 0 aliphatic heterocycles. The first-order chi connectivity index (χ1) is 11.5. The molecule has 24 heavy (non-hydrogen) atoms. The van der Waals surface area contributed by atoms with Gasteiger partial charge in [-0.2, -0.15) is 0 Å². The zero-order valence-corrected chi connectivity index (χ0v) is 13.8. The number of fused-ring (bicyclic) bond motifs is 1. The Bertz CT molecular complexity index is 788. The van der Waals surface area contributed by atoms with Crippen molar-refractivity contribution >= 4 is 11.9 Å². The monoisotopic (exact) mass is 324 g/mol. The molecular formula is C19H20N2O3. The molecule has 1 unspecified atom stereocenters. The van der Waals surface area contributed by atoms with E-state index < -0.39 is 5.97 Å². The van der Waals surface area contributed by atoms with E-state index in [1.54, 1.807) is 6.07 Å². The SMILES string of the molecule is COC(=O)c1cc(C(=O)NC2(C)CCc3ccccc3C2)ccn1. The van der Waals surface area contributed by atoms with Gasteiger partial charge in [0.2, 0.25) is 0 Å². The van der Waals surface area contributed by atoms with Gasteiger partial charge in [-0.3, -0.25) is 4.79 Å². The first-order valence-corrected chi connectivity index (χ1v) is 7.94. The Morgan fingerprint density at radius 1 is 1.21 bits per heavy atom. The van der Waals surface area contributed by atoms with E-state index in [1.165, 1.54) is 30.5 Å². The summed E-state index contributed by atoms with van der Waals surface area (Å²) in [6, 6.07) is 11.4. The van der Waals surface area contributed by atoms with Crippen LogP contribution in [-0.2, 0) is 17.6 Å². The molecule has 0 saturated heterocycles. The van der Waals surface area contributed by atoms with Crippen molar-refractivity contribution in [3.05, 3.63) is 65.0 Å². The van der Waals surface area contributed by atoms with Gasteiger partial charge in [0, 0.05) is 17.3 Å². The lowest BCUT2D eigenvalue weighted by atomic mass is 9.79. The zero-order chi connectivity index (χ0) is 17.2. The normalized spacial score (nSPS) is 19.2. The molecule has 1 aliphatic rings. The Labute approximate surface area is 141 Å². The largest absolute Gasteiger partial charge is 0.464 e. The third-order valence-corrected chi connectivity index (χ3v) is 4.48. The maximum atomic E-state index is 12.6. The molecule has 0 saturated carbocycles. The van der Waals surface area contributed by atoms with Gasteiger partial charge in [0.15, 0.2) is 0 Å². The summed E-state index contributed by atoms with van der Waals surface area (Å²) in [6.45, 7) is 2.06. The van der Waals surface area contributed by atoms with Crippen LogP contribution in [0.25, 0.3) is 0 Å². The van der Waals surface area contributed by atoms with Gasteiger partial charge in [-0.15, -0.1) is 0 Å². The number of nitrogens with one attached hydrogen (secondary N) is 1. The van der Waals surface area contributed by atoms with Crippen LogP contribution in [0.4, 0.5) is 0 Å². The molecule has 1 amide bonds. The number of amides is 1. The van der Waals surface area contributed by atoms with Gasteiger partial charge in [0.25, 0.3) is 5.91 Å². The minimum Gasteiger partial charge on any atom is -0.464 e. The number of aryl methyl sites for hydroxylation is 1. The van der Waals surface area contributed by atoms with Gasteiger partial charge >= 0.3 is 5.97 Å². The molecule has 1 aromatic carbocycles. The number of rotatable bonds is 3. The maximum Gasteiger partial charge on any atom is 0.356 e. The standard InChI is InChI=1S/C19H20N2O3/c1-19(9-7-13-5-3-4-6-15(13)12-19)21-17(22)14-8-10-20-16(11-14)18(23)24-2/h3-6,8,10-11H,7,9,12H2,1-2H3,(H,21,22). The van der Waals surface area contributed by atoms with E-state index in [0.29, 0.717) is 5.56 Å². The second-order valence-electron chi connectivity index (χ2n) is 6.38. The number of aromatic nitrogens is 1. The number of ether oxygens (including phenoxy) is 1. The number of hydrogen-bond donors (Lipinski definition) is 1. The third-order valence-electron chi connectivity index (χ3n) is 4.48. The van der Waals surface area contributed by atoms with Crippen LogP contribution in [0.5, 0.6) is 0 Å². The Kier molecular flexibility index (Phi) is 4.34. The van der Waals surface area contributed by atoms with E-state index in [9.17, 15) is 9.59 Å². The average Bonchev–Trinajstić information content (AvgIpc) is 2.60. The minimum atomic E-state index is -0.553. The Morgan fingerprint density at radius 2 is 1.96 bits per heavy atom. The van der Waals surface area contributed by atoms with Crippen molar-refractivity contribution in [3.63, 3.8) is 0 Å². The fourth-order valence-electron chi connectivity index (χ4n) is 3.13. The summed E-state index contributed by atoms with van der Waals surface area (Å²) in [7, 11) is 1.29. The smallest absolute Gasteiger partial charge is 0.356 e. The quantitative estimate of drug-likeness (QED) is 0.881. The van der Waals surface area contributed by atoms with Crippen LogP contribution in [0.2, 0.25) is 0 Å². The summed E-state index contributed by atoms with van der Waals surface area (Å²) in [5.41, 5.74) is 2.85. The number of hydrogen-bond acceptors (Lipinski definition) is 4. The molecule has 1 aromatic heterocycles. The first-order valence-electron chi connectivity index (χ1n) is 7.94. The fourth-order valence-corrected chi connectivity index (χ4v) is 3.13. The number of nitrogens with zero attached hydrogens (tertiary/aromatic N) is 1. The van der Waals surface area contributed by atoms with Crippen molar-refractivity contribution in [1.82, 2.24) is 10.3 Å². The van der Waals surface area contributed by atoms with Gasteiger partial charge in [-0.25, -0.2) is 9.78 Å². The van der Waals surface area contributed by atoms with Gasteiger partial charge in [0.05, 0.1) is 7.11 Å². The lowest BCUT2D eigenvalue weighted by Gasteiger charge is -2.36. The van der Waals surface area contributed by atoms with Crippen LogP contribution in [0.15, 0.2) is 42.6 Å². The van der Waals surface area contributed by atoms with Crippen LogP contribution in [0.1, 0.15) is 45.3 Å². The van der Waals surface area contributed by atoms with Gasteiger partial charge in [-0.1, -0.05) is 24.3 Å². The molecule has 1 heterocycles. The molecule has 5 nitrogen and oxygen atoms in total. The van der Waals surface area contributed by atoms with Crippen LogP contribution in [0.3, 0.4) is 0 Å². The highest BCUT2D eigenvalue weighted by atomic mass is 16.5. The van der Waals surface area contributed by atoms with Gasteiger partial charge in [0.1, 0.15) is 5.69 Å². The van der Waals surface area contributed by atoms with Crippen LogP contribution in [-0.4, -0.2) is 29.5 Å². The molecule has 3 rings (SSSR count). The van der Waals surface area contributed by atoms with Crippen molar-refractivity contribution in [3.8, 4) is 0 Å². The molecule has 0 bridgehead atoms. The van der Waals surface area contributed by atoms with Crippen molar-refractivity contribution < 1.29 is 14.3 Å². The Balaban J connectivity index is 1.77. The number of esters is 1. The summed E-state index contributed by atoms with van der Waals surface area (Å²) < 4.78 is 4.65. The minimum absolute atomic E-state index is 0.129. The lowest BCUT2D eigenvalue weighted by molar-refractivity contribution is 0.0594. The summed E-state index contributed by atoms with van der Waals surface area (Å²) in [5.74, 6) is -0.758. The van der Waals surface area contributed by atoms with E-state index in [0.717, 1.165) is 19.3 Å². The predicted octanol–water partition coefficient (Wildman–Crippen LogP) is 2.55. The number of benzene rings is 1. The highest BCUT2D eigenvalue weighted by Gasteiger charge is 2.31. The Hall–Kier alpha value is -2.69. The van der Waals surface area contributed by atoms with Gasteiger partial charge < -0.3 is 10.1 Å². The molecule has 0 radical (unpaired) electrons. The topological polar surface area (TPSA) is 68.3 Å². The van der Waals surface area contributed by atoms with E-state index in [2.05, 4.69) is 34.1 Å². The summed E-state index contributed by atoms with van der Waals surface area (Å²) in [5, 5.41) is 3.12. The molecule has 1 atom stereocenters. The number of carbonyl (C=O) groups is 2. The van der Waals surface area contributed by atoms with E-state index in [4.69, 9.17) is 0 Å². The molecule has 0 spiro atoms. The number of pyridine rings is 1. The second-order valence-corrected chi connectivity index (χ2v) is 6.38. The fraction of sp³-hybridized carbons (Fsp3) is 0.316. The summed E-state index contributed by atoms with van der Waals surface area (Å²) in [6.07, 6.45) is 4.06. The summed E-state index contributed by atoms with van der Waals surface area (Å²) >= 11 is 0. The second kappa shape index (κ2) is 6.43. The third kappa shape index (κ3) is 3.30. The lowest BCUT2D eigenvalue weighted by Crippen LogP contribution is -2.49. The van der Waals surface area contributed by atoms with Crippen molar-refractivity contribution in [2.24, 2.45) is 0 Å². The zero-order valence-electron chi connectivity index (χ0n) is 13.8. The van der Waals surface area contributed by atoms with E-state index in [1.807, 2.05) is 12.1 Å². The predicted molar refractivity (Wildman–Crippen MR) is 89.9 cm³/mol. The average molecular weight is 324 g/mol. The molecule has 1 aliphatic carbocycles. The van der Waals surface area contributed by atoms with Crippen LogP contribution >= 0.6 is 0 Å². The number of carbonyl (C=O) groups excluding carboxylic acids is 2. The van der Waals surface area contributed by atoms with Crippen molar-refractivity contribution in [2.45, 2.75) is 31.7 Å². The van der Waals surface area contributed by atoms with Crippen LogP contribution in [0, 0.1) is 0 Å². The Morgan fingerprint density at radius 3 is 2.71 bits per heavy atom. The highest BCUT2D eigenvalue weighted by Crippen LogP contribution is 2.28. The van der Waals surface area contributed by atoms with Crippen molar-refractivity contribution in [2.75, 3.05) is 7.11 Å². The highest BCUT2D eigenvalue weighted by molar-refractivity contribution is 5.97. The van der Waals surface area contributed by atoms with E-state index >= 15 is 0 Å². The van der Waals surface area contributed by atoms with E-state index in [-0.39, 0.29) is 17.1 Å². The number of methoxy groups -OCH3 is 1. The van der Waals surface area contributed by atoms with Crippen LogP contribution < -0.4 is 5.32 Å². The first kappa shape index (κ1) is 16.2. The van der Waals surface area contributed by atoms with Crippen molar-refractivity contribution in [1.29, 1.82) is 0 Å². The molecule has 5 heteroatoms. The molecule has 2 aromatic rings. The van der Waals surface area contributed by atoms with Gasteiger partial charge in [-0.05, 0) is 49.4 Å². The molecule has 124 valence electrons. The summed E-state index contributed by atoms with van der Waals surface area (Å²) in [4.78, 5) is 28.1. The molecular weight excluding hydrogens is 304 g/mol. The molecule has 1 N–H and O–H groups in total.